The third-order valence-corrected chi connectivity index (χ3v) is 1.92. The van der Waals surface area contributed by atoms with E-state index >= 15 is 0 Å². The summed E-state index contributed by atoms with van der Waals surface area (Å²) in [6.07, 6.45) is 0. The monoisotopic (exact) mass is 339 g/mol. The van der Waals surface area contributed by atoms with E-state index in [1.165, 1.54) is 18.2 Å². The molecule has 2 aromatic carbocycles. The standard InChI is InChI=1S/C7H5NO4.2C5H.Ti/c9-6(10)4-2-1-3-5(8-4)7(11)12;2*1-2-4-5-3-1;/h1-3H,(H,9,10)(H,11,12);2*1H;/q;2*-5;/p+2. The van der Waals surface area contributed by atoms with Crippen LogP contribution in [0.5, 0.6) is 0 Å². The van der Waals surface area contributed by atoms with Gasteiger partial charge in [0.25, 0.3) is 0 Å². The predicted octanol–water partition coefficient (Wildman–Crippen LogP) is 0.0212. The summed E-state index contributed by atoms with van der Waals surface area (Å²) >= 11 is 0. The molecule has 0 spiro atoms. The van der Waals surface area contributed by atoms with Crippen molar-refractivity contribution in [2.24, 2.45) is 0 Å². The Balaban J connectivity index is 0.000000362. The normalized spacial score (nSPS) is 8.35. The van der Waals surface area contributed by atoms with E-state index in [0.29, 0.717) is 0 Å². The Morgan fingerprint density at radius 3 is 1.39 bits per heavy atom. The van der Waals surface area contributed by atoms with Crippen molar-refractivity contribution in [3.63, 3.8) is 0 Å². The van der Waals surface area contributed by atoms with Crippen molar-refractivity contribution >= 4 is 11.9 Å². The van der Waals surface area contributed by atoms with Crippen molar-refractivity contribution in [3.05, 3.63) is 90.3 Å². The van der Waals surface area contributed by atoms with Crippen LogP contribution in [0.1, 0.15) is 21.0 Å². The number of nitrogens with zero attached hydrogens (tertiary/aromatic N) is 1. The number of aromatic nitrogens is 1. The fourth-order valence-corrected chi connectivity index (χ4v) is 1.05. The van der Waals surface area contributed by atoms with Crippen LogP contribution in [0, 0.1) is 48.5 Å². The second-order valence-electron chi connectivity index (χ2n) is 3.43. The molecule has 3 rings (SSSR count). The van der Waals surface area contributed by atoms with Crippen molar-refractivity contribution in [2.75, 3.05) is 0 Å². The zero-order valence-electron chi connectivity index (χ0n) is 11.7. The minimum atomic E-state index is -0.960. The molecule has 6 heteroatoms. The molecule has 0 fully saturated rings. The van der Waals surface area contributed by atoms with Gasteiger partial charge in [-0.25, -0.2) is 4.98 Å². The number of carbonyl (C=O) groups is 2. The molecule has 1 aromatic heterocycles. The van der Waals surface area contributed by atoms with Crippen molar-refractivity contribution in [3.8, 4) is 0 Å². The molecule has 0 aliphatic heterocycles. The molecule has 0 aliphatic carbocycles. The molecule has 5 nitrogen and oxygen atoms in total. The molecule has 1 heterocycles. The Hall–Kier alpha value is -2.50. The van der Waals surface area contributed by atoms with Gasteiger partial charge in [-0.05, 0) is 12.1 Å². The number of rotatable bonds is 2. The van der Waals surface area contributed by atoms with Crippen molar-refractivity contribution in [1.29, 1.82) is 0 Å². The molecule has 4 N–H and O–H groups in total. The first-order valence-corrected chi connectivity index (χ1v) is 5.75. The molecular formula is C17H9NO4Ti-8. The maximum Gasteiger partial charge on any atom is 0.567 e. The SMILES string of the molecule is O=C([OH2+])c1cccc(C(=O)[OH2+])n1.[Ti].[c-]1[c-][c-][cH-][c-]1.[c-]1[c-][c-][cH-][c-]1. The molecule has 0 atom stereocenters. The van der Waals surface area contributed by atoms with E-state index in [-0.39, 0.29) is 33.1 Å². The topological polar surface area (TPSA) is 92.8 Å². The van der Waals surface area contributed by atoms with Gasteiger partial charge in [-0.3, -0.25) is 0 Å². The Bertz CT molecular complexity index is 574. The summed E-state index contributed by atoms with van der Waals surface area (Å²) in [6.45, 7) is 0. The van der Waals surface area contributed by atoms with Crippen LogP contribution < -0.4 is 0 Å². The van der Waals surface area contributed by atoms with Gasteiger partial charge in [0.1, 0.15) is 0 Å². The summed E-state index contributed by atoms with van der Waals surface area (Å²) in [6, 6.07) is 28.1. The zero-order chi connectivity index (χ0) is 16.2. The van der Waals surface area contributed by atoms with Gasteiger partial charge in [-0.2, -0.15) is 0 Å². The van der Waals surface area contributed by atoms with E-state index in [1.807, 2.05) is 0 Å². The Morgan fingerprint density at radius 1 is 0.826 bits per heavy atom. The van der Waals surface area contributed by atoms with Gasteiger partial charge in [0.2, 0.25) is 11.4 Å². The number of carbonyl (C=O) groups excluding carboxylic acids is 2. The predicted molar refractivity (Wildman–Crippen MR) is 74.9 cm³/mol. The molecule has 23 heavy (non-hydrogen) atoms. The first kappa shape index (κ1) is 20.5. The largest absolute Gasteiger partial charge is 0.999 e. The van der Waals surface area contributed by atoms with E-state index < -0.39 is 11.9 Å². The fraction of sp³-hybridized carbons (Fsp3) is 0. The Labute approximate surface area is 148 Å². The maximum absolute atomic E-state index is 10.5. The van der Waals surface area contributed by atoms with Crippen LogP contribution in [0.2, 0.25) is 0 Å². The third-order valence-electron chi connectivity index (χ3n) is 1.92. The second kappa shape index (κ2) is 12.1. The Kier molecular flexibility index (Phi) is 10.8. The van der Waals surface area contributed by atoms with Gasteiger partial charge in [0, 0.05) is 31.3 Å². The smallest absolute Gasteiger partial charge is 0.567 e. The van der Waals surface area contributed by atoms with Crippen LogP contribution >= 0.6 is 0 Å². The van der Waals surface area contributed by atoms with Crippen molar-refractivity contribution in [2.45, 2.75) is 0 Å². The molecule has 0 bridgehead atoms. The summed E-state index contributed by atoms with van der Waals surface area (Å²) in [4.78, 5) is 24.4. The van der Waals surface area contributed by atoms with E-state index in [4.69, 9.17) is 10.2 Å². The molecule has 0 amide bonds. The van der Waals surface area contributed by atoms with Gasteiger partial charge in [0.15, 0.2) is 0 Å². The third kappa shape index (κ3) is 9.19. The average molecular weight is 339 g/mol. The number of hydrogen-bond acceptors (Lipinski definition) is 3. The number of hydrogen-bond donors (Lipinski definition) is 0. The van der Waals surface area contributed by atoms with Crippen LogP contribution in [-0.2, 0) is 21.7 Å². The molecule has 0 aliphatic rings. The van der Waals surface area contributed by atoms with Gasteiger partial charge in [-0.1, -0.05) is 6.07 Å². The van der Waals surface area contributed by atoms with Crippen LogP contribution in [0.25, 0.3) is 0 Å². The molecule has 0 radical (unpaired) electrons. The van der Waals surface area contributed by atoms with Crippen molar-refractivity contribution in [1.82, 2.24) is 4.98 Å². The van der Waals surface area contributed by atoms with Gasteiger partial charge < -0.3 is 70.9 Å². The van der Waals surface area contributed by atoms with Crippen LogP contribution in [0.3, 0.4) is 0 Å². The first-order chi connectivity index (χ1) is 10.6. The summed E-state index contributed by atoms with van der Waals surface area (Å²) in [5, 5.41) is 13.4. The molecule has 0 saturated heterocycles. The number of pyridine rings is 1. The van der Waals surface area contributed by atoms with Gasteiger partial charge in [0.05, 0.1) is 0 Å². The average Bonchev–Trinajstić information content (AvgIpc) is 3.25. The summed E-state index contributed by atoms with van der Waals surface area (Å²) < 4.78 is 0. The summed E-state index contributed by atoms with van der Waals surface area (Å²) in [5.74, 6) is -1.92. The first-order valence-electron chi connectivity index (χ1n) is 5.75. The van der Waals surface area contributed by atoms with E-state index in [2.05, 4.69) is 53.5 Å². The molecule has 118 valence electrons. The minimum absolute atomic E-state index is 0. The molecule has 3 aromatic rings. The quantitative estimate of drug-likeness (QED) is 0.374. The van der Waals surface area contributed by atoms with Crippen LogP contribution in [0.15, 0.2) is 30.3 Å². The van der Waals surface area contributed by atoms with E-state index in [1.54, 1.807) is 12.1 Å². The second-order valence-corrected chi connectivity index (χ2v) is 3.43. The summed E-state index contributed by atoms with van der Waals surface area (Å²) in [5.41, 5.74) is -0.235. The molecule has 0 unspecified atom stereocenters. The minimum Gasteiger partial charge on any atom is -0.999 e. The fourth-order valence-electron chi connectivity index (χ4n) is 1.05. The van der Waals surface area contributed by atoms with E-state index in [0.717, 1.165) is 0 Å². The maximum atomic E-state index is 10.5. The van der Waals surface area contributed by atoms with Gasteiger partial charge in [-0.15, -0.1) is 0 Å². The van der Waals surface area contributed by atoms with Crippen LogP contribution in [-0.4, -0.2) is 27.1 Å². The Morgan fingerprint density at radius 2 is 1.17 bits per heavy atom. The molecular weight excluding hydrogens is 330 g/mol. The summed E-state index contributed by atoms with van der Waals surface area (Å²) in [7, 11) is 0. The van der Waals surface area contributed by atoms with Gasteiger partial charge >= 0.3 is 11.9 Å². The zero-order valence-corrected chi connectivity index (χ0v) is 13.2. The van der Waals surface area contributed by atoms with Crippen molar-refractivity contribution < 1.29 is 41.5 Å². The molecule has 0 saturated carbocycles. The van der Waals surface area contributed by atoms with Crippen LogP contribution in [0.4, 0.5) is 0 Å². The van der Waals surface area contributed by atoms with E-state index in [9.17, 15) is 9.59 Å².